The zero-order valence-electron chi connectivity index (χ0n) is 14.9. The first-order valence-corrected chi connectivity index (χ1v) is 9.31. The number of aromatic nitrogens is 3. The quantitative estimate of drug-likeness (QED) is 0.628. The van der Waals surface area contributed by atoms with Gasteiger partial charge in [0.1, 0.15) is 0 Å². The minimum Gasteiger partial charge on any atom is -0.349 e. The van der Waals surface area contributed by atoms with E-state index in [0.717, 1.165) is 11.2 Å². The molecule has 1 saturated heterocycles. The van der Waals surface area contributed by atoms with E-state index in [1.54, 1.807) is 0 Å². The lowest BCUT2D eigenvalue weighted by Gasteiger charge is -2.21. The van der Waals surface area contributed by atoms with Crippen LogP contribution in [0.25, 0.3) is 5.65 Å². The molecule has 0 aliphatic carbocycles. The van der Waals surface area contributed by atoms with Crippen molar-refractivity contribution in [3.05, 3.63) is 65.1 Å². The molecule has 3 atom stereocenters. The van der Waals surface area contributed by atoms with Crippen LogP contribution >= 0.6 is 11.6 Å². The molecular formula is C19H21ClN6O. The third kappa shape index (κ3) is 3.80. The molecule has 4 rings (SSSR count). The van der Waals surface area contributed by atoms with E-state index >= 15 is 0 Å². The molecule has 1 aromatic carbocycles. The average Bonchev–Trinajstić information content (AvgIpc) is 3.25. The Balaban J connectivity index is 1.41. The number of hydrogen-bond donors (Lipinski definition) is 3. The Morgan fingerprint density at radius 3 is 2.81 bits per heavy atom. The van der Waals surface area contributed by atoms with Gasteiger partial charge in [-0.1, -0.05) is 29.8 Å². The molecule has 7 nitrogen and oxygen atoms in total. The third-order valence-corrected chi connectivity index (χ3v) is 5.27. The van der Waals surface area contributed by atoms with Gasteiger partial charge in [-0.25, -0.2) is 5.43 Å². The van der Waals surface area contributed by atoms with Crippen molar-refractivity contribution in [1.82, 2.24) is 30.8 Å². The lowest BCUT2D eigenvalue weighted by Crippen LogP contribution is -2.31. The van der Waals surface area contributed by atoms with Crippen molar-refractivity contribution in [1.29, 1.82) is 0 Å². The smallest absolute Gasteiger partial charge is 0.220 e. The number of nitrogens with zero attached hydrogens (tertiary/aromatic N) is 3. The fourth-order valence-electron chi connectivity index (χ4n) is 3.49. The third-order valence-electron chi connectivity index (χ3n) is 5.02. The van der Waals surface area contributed by atoms with Crippen LogP contribution < -0.4 is 16.2 Å². The summed E-state index contributed by atoms with van der Waals surface area (Å²) in [5, 5.41) is 11.9. The van der Waals surface area contributed by atoms with E-state index in [1.165, 1.54) is 0 Å². The Labute approximate surface area is 162 Å². The number of carbonyl (C=O) groups is 1. The Kier molecular flexibility index (Phi) is 5.07. The second-order valence-corrected chi connectivity index (χ2v) is 7.23. The normalized spacial score (nSPS) is 22.2. The first-order chi connectivity index (χ1) is 13.1. The molecule has 2 aromatic heterocycles. The molecule has 0 saturated carbocycles. The lowest BCUT2D eigenvalue weighted by molar-refractivity contribution is -0.122. The molecule has 8 heteroatoms. The summed E-state index contributed by atoms with van der Waals surface area (Å²) in [6, 6.07) is 13.7. The SMILES string of the molecule is CC1NNC(c2ccc(Cl)cc2)C1CC(=O)NCc1nnc2ccccn12. The summed E-state index contributed by atoms with van der Waals surface area (Å²) in [7, 11) is 0. The molecular weight excluding hydrogens is 364 g/mol. The summed E-state index contributed by atoms with van der Waals surface area (Å²) in [6.07, 6.45) is 2.30. The number of benzene rings is 1. The van der Waals surface area contributed by atoms with Gasteiger partial charge in [-0.2, -0.15) is 0 Å². The zero-order valence-corrected chi connectivity index (χ0v) is 15.6. The molecule has 140 valence electrons. The largest absolute Gasteiger partial charge is 0.349 e. The minimum absolute atomic E-state index is 0.0102. The van der Waals surface area contributed by atoms with E-state index in [4.69, 9.17) is 11.6 Å². The molecule has 1 fully saturated rings. The molecule has 1 aliphatic rings. The maximum absolute atomic E-state index is 12.6. The number of carbonyl (C=O) groups excluding carboxylic acids is 1. The van der Waals surface area contributed by atoms with Crippen molar-refractivity contribution in [2.75, 3.05) is 0 Å². The first-order valence-electron chi connectivity index (χ1n) is 8.93. The maximum atomic E-state index is 12.6. The predicted molar refractivity (Wildman–Crippen MR) is 103 cm³/mol. The summed E-state index contributed by atoms with van der Waals surface area (Å²) >= 11 is 5.99. The van der Waals surface area contributed by atoms with Crippen LogP contribution in [0.4, 0.5) is 0 Å². The lowest BCUT2D eigenvalue weighted by atomic mass is 9.87. The molecule has 0 radical (unpaired) electrons. The van der Waals surface area contributed by atoms with Gasteiger partial charge in [0.05, 0.1) is 12.6 Å². The van der Waals surface area contributed by atoms with E-state index in [-0.39, 0.29) is 23.9 Å². The van der Waals surface area contributed by atoms with Crippen LogP contribution in [0.2, 0.25) is 5.02 Å². The van der Waals surface area contributed by atoms with Crippen molar-refractivity contribution in [3.63, 3.8) is 0 Å². The zero-order chi connectivity index (χ0) is 18.8. The second kappa shape index (κ2) is 7.64. The molecule has 3 N–H and O–H groups in total. The average molecular weight is 385 g/mol. The van der Waals surface area contributed by atoms with E-state index in [2.05, 4.69) is 33.3 Å². The second-order valence-electron chi connectivity index (χ2n) is 6.80. The predicted octanol–water partition coefficient (Wildman–Crippen LogP) is 2.24. The Morgan fingerprint density at radius 1 is 1.19 bits per heavy atom. The van der Waals surface area contributed by atoms with Gasteiger partial charge in [0.15, 0.2) is 11.5 Å². The molecule has 3 heterocycles. The first kappa shape index (κ1) is 17.9. The van der Waals surface area contributed by atoms with Crippen molar-refractivity contribution in [2.24, 2.45) is 5.92 Å². The molecule has 0 spiro atoms. The van der Waals surface area contributed by atoms with Gasteiger partial charge in [0.25, 0.3) is 0 Å². The maximum Gasteiger partial charge on any atom is 0.220 e. The van der Waals surface area contributed by atoms with E-state index < -0.39 is 0 Å². The van der Waals surface area contributed by atoms with Crippen LogP contribution in [-0.4, -0.2) is 26.5 Å². The van der Waals surface area contributed by atoms with Crippen molar-refractivity contribution in [2.45, 2.75) is 32.0 Å². The number of rotatable bonds is 5. The Morgan fingerprint density at radius 2 is 2.00 bits per heavy atom. The summed E-state index contributed by atoms with van der Waals surface area (Å²) in [5.41, 5.74) is 8.41. The van der Waals surface area contributed by atoms with Crippen LogP contribution in [0.3, 0.4) is 0 Å². The number of pyridine rings is 1. The van der Waals surface area contributed by atoms with Crippen molar-refractivity contribution < 1.29 is 4.79 Å². The monoisotopic (exact) mass is 384 g/mol. The van der Waals surface area contributed by atoms with Gasteiger partial charge in [-0.05, 0) is 36.8 Å². The van der Waals surface area contributed by atoms with Gasteiger partial charge >= 0.3 is 0 Å². The molecule has 3 aromatic rings. The van der Waals surface area contributed by atoms with Gasteiger partial charge in [0.2, 0.25) is 5.91 Å². The van der Waals surface area contributed by atoms with Gasteiger partial charge in [-0.3, -0.25) is 14.6 Å². The van der Waals surface area contributed by atoms with E-state index in [1.807, 2.05) is 53.1 Å². The summed E-state index contributed by atoms with van der Waals surface area (Å²) < 4.78 is 1.87. The highest BCUT2D eigenvalue weighted by Crippen LogP contribution is 2.31. The van der Waals surface area contributed by atoms with Gasteiger partial charge in [-0.15, -0.1) is 10.2 Å². The van der Waals surface area contributed by atoms with Gasteiger partial charge < -0.3 is 5.32 Å². The summed E-state index contributed by atoms with van der Waals surface area (Å²) in [6.45, 7) is 2.42. The topological polar surface area (TPSA) is 83.3 Å². The molecule has 3 unspecified atom stereocenters. The van der Waals surface area contributed by atoms with Crippen molar-refractivity contribution >= 4 is 23.2 Å². The van der Waals surface area contributed by atoms with Crippen LogP contribution in [0.1, 0.15) is 30.8 Å². The molecule has 0 bridgehead atoms. The number of hydrazine groups is 1. The minimum atomic E-state index is -0.0102. The van der Waals surface area contributed by atoms with E-state index in [9.17, 15) is 4.79 Å². The fourth-order valence-corrected chi connectivity index (χ4v) is 3.62. The highest BCUT2D eigenvalue weighted by atomic mass is 35.5. The van der Waals surface area contributed by atoms with Crippen LogP contribution in [0.15, 0.2) is 48.7 Å². The van der Waals surface area contributed by atoms with Crippen molar-refractivity contribution in [3.8, 4) is 0 Å². The Hall–Kier alpha value is -2.48. The van der Waals surface area contributed by atoms with Crippen LogP contribution in [0, 0.1) is 5.92 Å². The molecule has 1 amide bonds. The van der Waals surface area contributed by atoms with Gasteiger partial charge in [0, 0.05) is 29.6 Å². The highest BCUT2D eigenvalue weighted by Gasteiger charge is 2.35. The Bertz CT molecular complexity index is 941. The summed E-state index contributed by atoms with van der Waals surface area (Å²) in [5.74, 6) is 0.828. The van der Waals surface area contributed by atoms with E-state index in [0.29, 0.717) is 23.8 Å². The number of hydrogen-bond acceptors (Lipinski definition) is 5. The fraction of sp³-hybridized carbons (Fsp3) is 0.316. The molecule has 1 aliphatic heterocycles. The number of amides is 1. The number of nitrogens with one attached hydrogen (secondary N) is 3. The number of halogens is 1. The molecule has 27 heavy (non-hydrogen) atoms. The number of fused-ring (bicyclic) bond motifs is 1. The highest BCUT2D eigenvalue weighted by molar-refractivity contribution is 6.30. The van der Waals surface area contributed by atoms with Crippen LogP contribution in [0.5, 0.6) is 0 Å². The standard InChI is InChI=1S/C19H21ClN6O/c1-12-15(19(25-22-12)13-5-7-14(20)8-6-13)10-18(27)21-11-17-24-23-16-4-2-3-9-26(16)17/h2-9,12,15,19,22,25H,10-11H2,1H3,(H,21,27). The van der Waals surface area contributed by atoms with Crippen LogP contribution in [-0.2, 0) is 11.3 Å². The summed E-state index contributed by atoms with van der Waals surface area (Å²) in [4.78, 5) is 12.6.